The Morgan fingerprint density at radius 2 is 2.08 bits per heavy atom. The number of hydrogen-bond donors (Lipinski definition) is 1. The maximum absolute atomic E-state index is 13.2. The Labute approximate surface area is 154 Å². The van der Waals surface area contributed by atoms with E-state index < -0.39 is 5.97 Å². The number of carboxylic acid groups (broad SMARTS) is 1. The van der Waals surface area contributed by atoms with E-state index in [1.54, 1.807) is 40.2 Å². The molecule has 1 atom stereocenters. The van der Waals surface area contributed by atoms with Gasteiger partial charge in [-0.1, -0.05) is 19.1 Å². The molecule has 0 spiro atoms. The van der Waals surface area contributed by atoms with Crippen LogP contribution in [0.15, 0.2) is 29.1 Å². The fourth-order valence-electron chi connectivity index (χ4n) is 3.65. The molecule has 0 amide bonds. The first-order chi connectivity index (χ1) is 12.4. The zero-order chi connectivity index (χ0) is 18.4. The minimum atomic E-state index is -0.952. The van der Waals surface area contributed by atoms with E-state index in [0.29, 0.717) is 18.3 Å². The average Bonchev–Trinajstić information content (AvgIpc) is 2.96. The topological polar surface area (TPSA) is 72.2 Å². The standard InChI is InChI=1S/C20H20N2O3S/c1-11-3-8-15-16(9-11)26-18-17(15)19(23)22(12(2)21-18)10-13-4-6-14(7-5-13)20(24)25/h4-7,11H,3,8-10H2,1-2H3,(H,24,25). The minimum Gasteiger partial charge on any atom is -0.478 e. The molecule has 134 valence electrons. The van der Waals surface area contributed by atoms with E-state index in [9.17, 15) is 9.59 Å². The number of aromatic nitrogens is 2. The Morgan fingerprint density at radius 3 is 2.77 bits per heavy atom. The Hall–Kier alpha value is -2.47. The van der Waals surface area contributed by atoms with Gasteiger partial charge in [0, 0.05) is 4.88 Å². The van der Waals surface area contributed by atoms with E-state index in [0.717, 1.165) is 35.0 Å². The highest BCUT2D eigenvalue weighted by Gasteiger charge is 2.24. The van der Waals surface area contributed by atoms with Gasteiger partial charge in [0.05, 0.1) is 17.5 Å². The van der Waals surface area contributed by atoms with Crippen LogP contribution >= 0.6 is 11.3 Å². The summed E-state index contributed by atoms with van der Waals surface area (Å²) < 4.78 is 1.70. The van der Waals surface area contributed by atoms with E-state index in [4.69, 9.17) is 10.1 Å². The van der Waals surface area contributed by atoms with Crippen molar-refractivity contribution in [2.75, 3.05) is 0 Å². The fourth-order valence-corrected chi connectivity index (χ4v) is 5.07. The smallest absolute Gasteiger partial charge is 0.335 e. The van der Waals surface area contributed by atoms with Crippen LogP contribution in [0.2, 0.25) is 0 Å². The van der Waals surface area contributed by atoms with Gasteiger partial charge in [0.1, 0.15) is 10.7 Å². The fraction of sp³-hybridized carbons (Fsp3) is 0.350. The summed E-state index contributed by atoms with van der Waals surface area (Å²) >= 11 is 1.66. The summed E-state index contributed by atoms with van der Waals surface area (Å²) in [6.07, 6.45) is 3.10. The lowest BCUT2D eigenvalue weighted by molar-refractivity contribution is 0.0697. The lowest BCUT2D eigenvalue weighted by atomic mass is 9.89. The molecule has 26 heavy (non-hydrogen) atoms. The van der Waals surface area contributed by atoms with Gasteiger partial charge >= 0.3 is 5.97 Å². The van der Waals surface area contributed by atoms with Gasteiger partial charge < -0.3 is 5.11 Å². The molecule has 0 fully saturated rings. The van der Waals surface area contributed by atoms with E-state index in [2.05, 4.69) is 6.92 Å². The number of aromatic carboxylic acids is 1. The molecule has 0 radical (unpaired) electrons. The third-order valence-electron chi connectivity index (χ3n) is 5.15. The van der Waals surface area contributed by atoms with Gasteiger partial charge in [-0.2, -0.15) is 0 Å². The van der Waals surface area contributed by atoms with Crippen molar-refractivity contribution < 1.29 is 9.90 Å². The van der Waals surface area contributed by atoms with Crippen molar-refractivity contribution in [1.29, 1.82) is 0 Å². The Bertz CT molecular complexity index is 1060. The van der Waals surface area contributed by atoms with E-state index in [1.807, 2.05) is 6.92 Å². The predicted molar refractivity (Wildman–Crippen MR) is 102 cm³/mol. The van der Waals surface area contributed by atoms with Crippen LogP contribution in [0.1, 0.15) is 45.5 Å². The van der Waals surface area contributed by atoms with Crippen molar-refractivity contribution in [3.05, 3.63) is 62.0 Å². The highest BCUT2D eigenvalue weighted by Crippen LogP contribution is 2.35. The van der Waals surface area contributed by atoms with Crippen molar-refractivity contribution in [3.63, 3.8) is 0 Å². The Balaban J connectivity index is 1.78. The minimum absolute atomic E-state index is 0.0156. The zero-order valence-corrected chi connectivity index (χ0v) is 15.6. The SMILES string of the molecule is Cc1nc2sc3c(c2c(=O)n1Cc1ccc(C(=O)O)cc1)CCC(C)C3. The first kappa shape index (κ1) is 17.0. The second-order valence-electron chi connectivity index (χ2n) is 7.08. The van der Waals surface area contributed by atoms with Gasteiger partial charge in [0.25, 0.3) is 5.56 Å². The van der Waals surface area contributed by atoms with Crippen molar-refractivity contribution in [3.8, 4) is 0 Å². The number of aryl methyl sites for hydroxylation is 2. The molecule has 6 heteroatoms. The molecule has 1 unspecified atom stereocenters. The predicted octanol–water partition coefficient (Wildman–Crippen LogP) is 3.64. The molecule has 0 bridgehead atoms. The number of rotatable bonds is 3. The number of carboxylic acids is 1. The number of carbonyl (C=O) groups is 1. The zero-order valence-electron chi connectivity index (χ0n) is 14.8. The summed E-state index contributed by atoms with van der Waals surface area (Å²) in [6.45, 7) is 4.51. The molecular weight excluding hydrogens is 348 g/mol. The second-order valence-corrected chi connectivity index (χ2v) is 8.17. The number of hydrogen-bond acceptors (Lipinski definition) is 4. The summed E-state index contributed by atoms with van der Waals surface area (Å²) in [7, 11) is 0. The molecular formula is C20H20N2O3S. The molecule has 1 aromatic carbocycles. The van der Waals surface area contributed by atoms with Crippen LogP contribution in [0.25, 0.3) is 10.2 Å². The van der Waals surface area contributed by atoms with Crippen LogP contribution in [0.5, 0.6) is 0 Å². The van der Waals surface area contributed by atoms with E-state index in [-0.39, 0.29) is 11.1 Å². The summed E-state index contributed by atoms with van der Waals surface area (Å²) in [5.74, 6) is 0.398. The van der Waals surface area contributed by atoms with Gasteiger partial charge in [-0.05, 0) is 55.4 Å². The van der Waals surface area contributed by atoms with Crippen molar-refractivity contribution in [2.24, 2.45) is 5.92 Å². The van der Waals surface area contributed by atoms with Crippen molar-refractivity contribution in [1.82, 2.24) is 9.55 Å². The lowest BCUT2D eigenvalue weighted by Crippen LogP contribution is -2.25. The first-order valence-corrected chi connectivity index (χ1v) is 9.59. The summed E-state index contributed by atoms with van der Waals surface area (Å²) in [4.78, 5) is 31.0. The van der Waals surface area contributed by atoms with Crippen LogP contribution in [-0.2, 0) is 19.4 Å². The summed E-state index contributed by atoms with van der Waals surface area (Å²) in [6, 6.07) is 6.64. The summed E-state index contributed by atoms with van der Waals surface area (Å²) in [5.41, 5.74) is 2.34. The molecule has 1 N–H and O–H groups in total. The van der Waals surface area contributed by atoms with Crippen LogP contribution in [-0.4, -0.2) is 20.6 Å². The molecule has 2 heterocycles. The van der Waals surface area contributed by atoms with Crippen LogP contribution in [0, 0.1) is 12.8 Å². The number of nitrogens with zero attached hydrogens (tertiary/aromatic N) is 2. The van der Waals surface area contributed by atoms with Gasteiger partial charge in [0.15, 0.2) is 0 Å². The molecule has 4 rings (SSSR count). The molecule has 1 aliphatic rings. The van der Waals surface area contributed by atoms with E-state index >= 15 is 0 Å². The average molecular weight is 368 g/mol. The molecule has 0 aliphatic heterocycles. The maximum atomic E-state index is 13.2. The van der Waals surface area contributed by atoms with E-state index in [1.165, 1.54) is 10.4 Å². The molecule has 3 aromatic rings. The molecule has 5 nitrogen and oxygen atoms in total. The second kappa shape index (κ2) is 6.36. The number of benzene rings is 1. The first-order valence-electron chi connectivity index (χ1n) is 8.78. The number of fused-ring (bicyclic) bond motifs is 3. The third-order valence-corrected chi connectivity index (χ3v) is 6.30. The monoisotopic (exact) mass is 368 g/mol. The summed E-state index contributed by atoms with van der Waals surface area (Å²) in [5, 5.41) is 9.80. The quantitative estimate of drug-likeness (QED) is 0.766. The molecule has 0 saturated carbocycles. The van der Waals surface area contributed by atoms with Crippen LogP contribution in [0.4, 0.5) is 0 Å². The van der Waals surface area contributed by atoms with Gasteiger partial charge in [-0.3, -0.25) is 9.36 Å². The normalized spacial score (nSPS) is 16.6. The largest absolute Gasteiger partial charge is 0.478 e. The van der Waals surface area contributed by atoms with Crippen LogP contribution < -0.4 is 5.56 Å². The van der Waals surface area contributed by atoms with Crippen molar-refractivity contribution in [2.45, 2.75) is 39.7 Å². The highest BCUT2D eigenvalue weighted by atomic mass is 32.1. The Kier molecular flexibility index (Phi) is 4.15. The van der Waals surface area contributed by atoms with Crippen molar-refractivity contribution >= 4 is 27.5 Å². The Morgan fingerprint density at radius 1 is 1.35 bits per heavy atom. The molecule has 2 aromatic heterocycles. The van der Waals surface area contributed by atoms with Gasteiger partial charge in [-0.15, -0.1) is 11.3 Å². The third kappa shape index (κ3) is 2.84. The van der Waals surface area contributed by atoms with Gasteiger partial charge in [-0.25, -0.2) is 9.78 Å². The lowest BCUT2D eigenvalue weighted by Gasteiger charge is -2.17. The molecule has 1 aliphatic carbocycles. The van der Waals surface area contributed by atoms with Gasteiger partial charge in [0.2, 0.25) is 0 Å². The highest BCUT2D eigenvalue weighted by molar-refractivity contribution is 7.18. The maximum Gasteiger partial charge on any atom is 0.335 e. The van der Waals surface area contributed by atoms with Crippen LogP contribution in [0.3, 0.4) is 0 Å². The number of thiophene rings is 1. The molecule has 0 saturated heterocycles.